The highest BCUT2D eigenvalue weighted by molar-refractivity contribution is 5.23. The lowest BCUT2D eigenvalue weighted by atomic mass is 9.78. The van der Waals surface area contributed by atoms with E-state index < -0.39 is 0 Å². The van der Waals surface area contributed by atoms with Crippen LogP contribution in [0.3, 0.4) is 0 Å². The summed E-state index contributed by atoms with van der Waals surface area (Å²) < 4.78 is 0. The fraction of sp³-hybridized carbons (Fsp3) is 0.778. The fourth-order valence-corrected chi connectivity index (χ4v) is 3.57. The van der Waals surface area contributed by atoms with Crippen LogP contribution in [0.5, 0.6) is 0 Å². The van der Waals surface area contributed by atoms with Crippen LogP contribution in [-0.2, 0) is 0 Å². The van der Waals surface area contributed by atoms with Crippen LogP contribution < -0.4 is 0 Å². The van der Waals surface area contributed by atoms with E-state index in [1.807, 2.05) is 0 Å². The number of allylic oxidation sites excluding steroid dienone is 4. The summed E-state index contributed by atoms with van der Waals surface area (Å²) in [5.74, 6) is 0.831. The molecule has 0 spiro atoms. The molecular formula is C18H30. The van der Waals surface area contributed by atoms with Gasteiger partial charge in [0.15, 0.2) is 0 Å². The molecule has 0 fully saturated rings. The van der Waals surface area contributed by atoms with E-state index in [0.29, 0.717) is 0 Å². The van der Waals surface area contributed by atoms with Crippen molar-refractivity contribution in [3.8, 4) is 0 Å². The van der Waals surface area contributed by atoms with Gasteiger partial charge in [-0.15, -0.1) is 0 Å². The van der Waals surface area contributed by atoms with Crippen LogP contribution >= 0.6 is 0 Å². The minimum atomic E-state index is 0.831. The Morgan fingerprint density at radius 3 is 1.94 bits per heavy atom. The Morgan fingerprint density at radius 2 is 1.50 bits per heavy atom. The first-order chi connectivity index (χ1) is 8.92. The predicted molar refractivity (Wildman–Crippen MR) is 80.7 cm³/mol. The Labute approximate surface area is 114 Å². The summed E-state index contributed by atoms with van der Waals surface area (Å²) in [6.45, 7) is 2.31. The third kappa shape index (κ3) is 4.00. The zero-order chi connectivity index (χ0) is 12.6. The van der Waals surface area contributed by atoms with E-state index >= 15 is 0 Å². The highest BCUT2D eigenvalue weighted by atomic mass is 14.3. The van der Waals surface area contributed by atoms with Gasteiger partial charge in [0, 0.05) is 5.92 Å². The van der Waals surface area contributed by atoms with Gasteiger partial charge in [0.25, 0.3) is 0 Å². The van der Waals surface area contributed by atoms with E-state index in [1.54, 1.807) is 11.1 Å². The van der Waals surface area contributed by atoms with Crippen molar-refractivity contribution in [3.05, 3.63) is 23.3 Å². The molecule has 0 N–H and O–H groups in total. The number of unbranched alkanes of at least 4 members (excludes halogenated alkanes) is 2. The molecule has 0 bridgehead atoms. The Hall–Kier alpha value is -0.520. The van der Waals surface area contributed by atoms with Gasteiger partial charge < -0.3 is 0 Å². The smallest absolute Gasteiger partial charge is 0.000690 e. The molecule has 2 rings (SSSR count). The molecule has 18 heavy (non-hydrogen) atoms. The molecule has 0 nitrogen and oxygen atoms in total. The van der Waals surface area contributed by atoms with Crippen molar-refractivity contribution in [2.24, 2.45) is 5.92 Å². The summed E-state index contributed by atoms with van der Waals surface area (Å²) in [7, 11) is 0. The van der Waals surface area contributed by atoms with Crippen LogP contribution in [0.4, 0.5) is 0 Å². The molecule has 0 heterocycles. The van der Waals surface area contributed by atoms with Crippen molar-refractivity contribution in [2.75, 3.05) is 0 Å². The molecule has 0 unspecified atom stereocenters. The highest BCUT2D eigenvalue weighted by Crippen LogP contribution is 2.36. The van der Waals surface area contributed by atoms with Gasteiger partial charge in [0.1, 0.15) is 0 Å². The van der Waals surface area contributed by atoms with Crippen LogP contribution in [0.1, 0.15) is 84.0 Å². The van der Waals surface area contributed by atoms with Crippen molar-refractivity contribution in [2.45, 2.75) is 84.0 Å². The molecule has 2 aliphatic carbocycles. The van der Waals surface area contributed by atoms with Crippen molar-refractivity contribution in [1.82, 2.24) is 0 Å². The van der Waals surface area contributed by atoms with Gasteiger partial charge >= 0.3 is 0 Å². The van der Waals surface area contributed by atoms with Crippen LogP contribution in [0, 0.1) is 5.92 Å². The summed E-state index contributed by atoms with van der Waals surface area (Å²) in [5.41, 5.74) is 3.59. The van der Waals surface area contributed by atoms with E-state index in [2.05, 4.69) is 19.1 Å². The second kappa shape index (κ2) is 7.81. The number of rotatable bonds is 6. The lowest BCUT2D eigenvalue weighted by Gasteiger charge is -2.28. The molecule has 0 aromatic carbocycles. The molecular weight excluding hydrogens is 216 g/mol. The first kappa shape index (κ1) is 13.9. The second-order valence-corrected chi connectivity index (χ2v) is 6.10. The molecule has 0 atom stereocenters. The topological polar surface area (TPSA) is 0 Å². The zero-order valence-corrected chi connectivity index (χ0v) is 12.2. The van der Waals surface area contributed by atoms with Gasteiger partial charge in [-0.2, -0.15) is 0 Å². The SMILES string of the molecule is CCCCCC(C1=CCCCC1)C1=CCCCC1. The lowest BCUT2D eigenvalue weighted by molar-refractivity contribution is 0.506. The van der Waals surface area contributed by atoms with Gasteiger partial charge in [-0.1, -0.05) is 49.5 Å². The van der Waals surface area contributed by atoms with Crippen LogP contribution in [0.25, 0.3) is 0 Å². The normalized spacial score (nSPS) is 20.8. The number of hydrogen-bond donors (Lipinski definition) is 0. The molecule has 0 saturated heterocycles. The Kier molecular flexibility index (Phi) is 6.04. The van der Waals surface area contributed by atoms with Crippen molar-refractivity contribution in [1.29, 1.82) is 0 Å². The van der Waals surface area contributed by atoms with Crippen molar-refractivity contribution < 1.29 is 0 Å². The first-order valence-corrected chi connectivity index (χ1v) is 8.29. The average molecular weight is 246 g/mol. The monoisotopic (exact) mass is 246 g/mol. The maximum absolute atomic E-state index is 2.58. The molecule has 2 aliphatic rings. The summed E-state index contributed by atoms with van der Waals surface area (Å²) in [4.78, 5) is 0. The third-order valence-electron chi connectivity index (χ3n) is 4.64. The van der Waals surface area contributed by atoms with Gasteiger partial charge in [-0.25, -0.2) is 0 Å². The van der Waals surface area contributed by atoms with Crippen molar-refractivity contribution >= 4 is 0 Å². The minimum Gasteiger partial charge on any atom is -0.0847 e. The van der Waals surface area contributed by atoms with Gasteiger partial charge in [-0.3, -0.25) is 0 Å². The predicted octanol–water partition coefficient (Wildman–Crippen LogP) is 6.18. The van der Waals surface area contributed by atoms with Crippen LogP contribution in [-0.4, -0.2) is 0 Å². The van der Waals surface area contributed by atoms with Gasteiger partial charge in [-0.05, 0) is 57.8 Å². The Morgan fingerprint density at radius 1 is 0.889 bits per heavy atom. The quantitative estimate of drug-likeness (QED) is 0.387. The maximum atomic E-state index is 2.58. The van der Waals surface area contributed by atoms with Crippen LogP contribution in [0.2, 0.25) is 0 Å². The standard InChI is InChI=1S/C18H30/c1-2-3-6-15-18(16-11-7-4-8-12-16)17-13-9-5-10-14-17/h11,13,18H,2-10,12,14-15H2,1H3. The summed E-state index contributed by atoms with van der Waals surface area (Å²) in [6, 6.07) is 0. The Balaban J connectivity index is 2.01. The first-order valence-electron chi connectivity index (χ1n) is 8.29. The fourth-order valence-electron chi connectivity index (χ4n) is 3.57. The molecule has 0 aromatic heterocycles. The lowest BCUT2D eigenvalue weighted by Crippen LogP contribution is -2.12. The van der Waals surface area contributed by atoms with Gasteiger partial charge in [0.05, 0.1) is 0 Å². The number of hydrogen-bond acceptors (Lipinski definition) is 0. The van der Waals surface area contributed by atoms with E-state index in [4.69, 9.17) is 0 Å². The largest absolute Gasteiger partial charge is 0.0847 e. The maximum Gasteiger partial charge on any atom is 0.000690 e. The molecule has 0 radical (unpaired) electrons. The molecule has 102 valence electrons. The van der Waals surface area contributed by atoms with Crippen LogP contribution in [0.15, 0.2) is 23.3 Å². The minimum absolute atomic E-state index is 0.831. The Bertz CT molecular complexity index is 269. The van der Waals surface area contributed by atoms with E-state index in [0.717, 1.165) is 5.92 Å². The van der Waals surface area contributed by atoms with E-state index in [1.165, 1.54) is 77.0 Å². The van der Waals surface area contributed by atoms with Gasteiger partial charge in [0.2, 0.25) is 0 Å². The highest BCUT2D eigenvalue weighted by Gasteiger charge is 2.20. The zero-order valence-electron chi connectivity index (χ0n) is 12.2. The summed E-state index contributed by atoms with van der Waals surface area (Å²) >= 11 is 0. The molecule has 0 aromatic rings. The third-order valence-corrected chi connectivity index (χ3v) is 4.64. The summed E-state index contributed by atoms with van der Waals surface area (Å²) in [5, 5.41) is 0. The van der Waals surface area contributed by atoms with E-state index in [-0.39, 0.29) is 0 Å². The molecule has 0 heteroatoms. The summed E-state index contributed by atoms with van der Waals surface area (Å²) in [6.07, 6.45) is 21.9. The molecule has 0 saturated carbocycles. The average Bonchev–Trinajstić information content (AvgIpc) is 2.46. The molecule has 0 aliphatic heterocycles. The van der Waals surface area contributed by atoms with Crippen molar-refractivity contribution in [3.63, 3.8) is 0 Å². The van der Waals surface area contributed by atoms with E-state index in [9.17, 15) is 0 Å². The second-order valence-electron chi connectivity index (χ2n) is 6.10. The molecule has 0 amide bonds.